The van der Waals surface area contributed by atoms with Crippen molar-refractivity contribution in [2.75, 3.05) is 0 Å². The van der Waals surface area contributed by atoms with Gasteiger partial charge in [0.1, 0.15) is 11.5 Å². The summed E-state index contributed by atoms with van der Waals surface area (Å²) < 4.78 is 18.9. The largest absolute Gasteiger partial charge is 0.268 e. The molecule has 0 saturated carbocycles. The molecule has 134 valence electrons. The van der Waals surface area contributed by atoms with Gasteiger partial charge in [-0.15, -0.1) is 0 Å². The summed E-state index contributed by atoms with van der Waals surface area (Å²) in [5.74, 6) is 0.0679. The van der Waals surface area contributed by atoms with E-state index in [1.165, 1.54) is 34.5 Å². The van der Waals surface area contributed by atoms with Gasteiger partial charge >= 0.3 is 0 Å². The lowest BCUT2D eigenvalue weighted by molar-refractivity contribution is 0.604. The van der Waals surface area contributed by atoms with Gasteiger partial charge in [-0.05, 0) is 41.4 Å². The van der Waals surface area contributed by atoms with Gasteiger partial charge in [-0.25, -0.2) is 14.1 Å². The standard InChI is InChI=1S/C18H11ClFN5OS/c19-13-3-1-2-12(7-13)17-22-18(27-24-17)15-4-5-16(26)25(23-15)10-11-6-14(20)9-21-8-11/h1-9H,10H2. The number of pyridine rings is 1. The van der Waals surface area contributed by atoms with Crippen LogP contribution in [0.1, 0.15) is 5.56 Å². The Morgan fingerprint density at radius 3 is 2.85 bits per heavy atom. The minimum atomic E-state index is -0.466. The summed E-state index contributed by atoms with van der Waals surface area (Å²) in [6.07, 6.45) is 2.60. The average Bonchev–Trinajstić information content (AvgIpc) is 3.14. The van der Waals surface area contributed by atoms with Crippen molar-refractivity contribution in [3.8, 4) is 22.1 Å². The fraction of sp³-hybridized carbons (Fsp3) is 0.0556. The lowest BCUT2D eigenvalue weighted by atomic mass is 10.2. The van der Waals surface area contributed by atoms with E-state index in [4.69, 9.17) is 11.6 Å². The minimum absolute atomic E-state index is 0.109. The maximum atomic E-state index is 13.3. The van der Waals surface area contributed by atoms with Gasteiger partial charge in [-0.2, -0.15) is 9.47 Å². The Bertz CT molecular complexity index is 1180. The molecule has 0 atom stereocenters. The first-order valence-electron chi connectivity index (χ1n) is 7.86. The number of hydrogen-bond donors (Lipinski definition) is 0. The molecule has 0 unspecified atom stereocenters. The number of nitrogens with zero attached hydrogens (tertiary/aromatic N) is 5. The van der Waals surface area contributed by atoms with E-state index in [-0.39, 0.29) is 12.1 Å². The third-order valence-corrected chi connectivity index (χ3v) is 4.66. The molecule has 4 rings (SSSR count). The van der Waals surface area contributed by atoms with Crippen molar-refractivity contribution in [3.05, 3.63) is 81.6 Å². The van der Waals surface area contributed by atoms with E-state index in [2.05, 4.69) is 19.4 Å². The van der Waals surface area contributed by atoms with Crippen LogP contribution in [0.3, 0.4) is 0 Å². The normalized spacial score (nSPS) is 10.9. The Morgan fingerprint density at radius 2 is 2.04 bits per heavy atom. The molecule has 1 aromatic carbocycles. The predicted octanol–water partition coefficient (Wildman–Crippen LogP) is 3.66. The van der Waals surface area contributed by atoms with Crippen molar-refractivity contribution in [3.63, 3.8) is 0 Å². The zero-order chi connectivity index (χ0) is 18.8. The van der Waals surface area contributed by atoms with Crippen LogP contribution in [0, 0.1) is 5.82 Å². The second kappa shape index (κ2) is 7.34. The third-order valence-electron chi connectivity index (χ3n) is 3.69. The van der Waals surface area contributed by atoms with Gasteiger partial charge < -0.3 is 0 Å². The van der Waals surface area contributed by atoms with Crippen molar-refractivity contribution < 1.29 is 4.39 Å². The second-order valence-electron chi connectivity index (χ2n) is 5.66. The summed E-state index contributed by atoms with van der Waals surface area (Å²) in [5.41, 5.74) is 1.54. The van der Waals surface area contributed by atoms with E-state index in [1.807, 2.05) is 12.1 Å². The smallest absolute Gasteiger partial charge is 0.267 e. The minimum Gasteiger partial charge on any atom is -0.268 e. The fourth-order valence-electron chi connectivity index (χ4n) is 2.46. The van der Waals surface area contributed by atoms with Crippen LogP contribution < -0.4 is 5.56 Å². The number of benzene rings is 1. The maximum absolute atomic E-state index is 13.3. The first-order valence-corrected chi connectivity index (χ1v) is 9.01. The molecule has 27 heavy (non-hydrogen) atoms. The Hall–Kier alpha value is -2.97. The first kappa shape index (κ1) is 17.4. The van der Waals surface area contributed by atoms with Gasteiger partial charge in [0.05, 0.1) is 12.7 Å². The molecule has 0 amide bonds. The van der Waals surface area contributed by atoms with Gasteiger partial charge in [0.2, 0.25) is 0 Å². The molecule has 0 N–H and O–H groups in total. The topological polar surface area (TPSA) is 73.6 Å². The molecule has 9 heteroatoms. The van der Waals surface area contributed by atoms with Gasteiger partial charge in [-0.1, -0.05) is 23.7 Å². The zero-order valence-electron chi connectivity index (χ0n) is 13.7. The SMILES string of the molecule is O=c1ccc(-c2nc(-c3cccc(Cl)c3)ns2)nn1Cc1cncc(F)c1. The van der Waals surface area contributed by atoms with E-state index in [9.17, 15) is 9.18 Å². The number of aromatic nitrogens is 5. The van der Waals surface area contributed by atoms with Crippen LogP contribution in [0.25, 0.3) is 22.1 Å². The Balaban J connectivity index is 1.66. The molecule has 0 aliphatic heterocycles. The molecule has 3 aromatic heterocycles. The van der Waals surface area contributed by atoms with Gasteiger partial charge in [0.15, 0.2) is 10.8 Å². The van der Waals surface area contributed by atoms with Crippen LogP contribution in [-0.2, 0) is 6.54 Å². The van der Waals surface area contributed by atoms with Gasteiger partial charge in [0.25, 0.3) is 5.56 Å². The number of rotatable bonds is 4. The highest BCUT2D eigenvalue weighted by atomic mass is 35.5. The lowest BCUT2D eigenvalue weighted by Gasteiger charge is -2.05. The van der Waals surface area contributed by atoms with E-state index < -0.39 is 5.82 Å². The zero-order valence-corrected chi connectivity index (χ0v) is 15.3. The van der Waals surface area contributed by atoms with E-state index in [0.29, 0.717) is 27.1 Å². The van der Waals surface area contributed by atoms with Crippen LogP contribution in [0.5, 0.6) is 0 Å². The van der Waals surface area contributed by atoms with Gasteiger partial charge in [-0.3, -0.25) is 9.78 Å². The monoisotopic (exact) mass is 399 g/mol. The molecule has 0 fully saturated rings. The molecule has 0 aliphatic rings. The average molecular weight is 400 g/mol. The van der Waals surface area contributed by atoms with Crippen LogP contribution in [0.4, 0.5) is 4.39 Å². The summed E-state index contributed by atoms with van der Waals surface area (Å²) in [5, 5.41) is 5.49. The van der Waals surface area contributed by atoms with Crippen LogP contribution in [0.2, 0.25) is 5.02 Å². The summed E-state index contributed by atoms with van der Waals surface area (Å²) in [7, 11) is 0. The predicted molar refractivity (Wildman–Crippen MR) is 101 cm³/mol. The molecular formula is C18H11ClFN5OS. The van der Waals surface area contributed by atoms with E-state index in [1.54, 1.807) is 18.2 Å². The van der Waals surface area contributed by atoms with Crippen molar-refractivity contribution in [1.82, 2.24) is 24.1 Å². The molecular weight excluding hydrogens is 389 g/mol. The summed E-state index contributed by atoms with van der Waals surface area (Å²) in [6.45, 7) is 0.109. The van der Waals surface area contributed by atoms with Crippen molar-refractivity contribution in [2.24, 2.45) is 0 Å². The summed E-state index contributed by atoms with van der Waals surface area (Å²) in [4.78, 5) is 20.4. The highest BCUT2D eigenvalue weighted by Crippen LogP contribution is 2.25. The van der Waals surface area contributed by atoms with Gasteiger partial charge in [0, 0.05) is 22.8 Å². The molecule has 0 aliphatic carbocycles. The molecule has 0 bridgehead atoms. The van der Waals surface area contributed by atoms with Crippen LogP contribution in [-0.4, -0.2) is 24.1 Å². The number of hydrogen-bond acceptors (Lipinski definition) is 6. The molecule has 0 spiro atoms. The molecule has 0 saturated heterocycles. The van der Waals surface area contributed by atoms with Crippen LogP contribution >= 0.6 is 23.1 Å². The first-order chi connectivity index (χ1) is 13.1. The molecule has 0 radical (unpaired) electrons. The second-order valence-corrected chi connectivity index (χ2v) is 6.85. The van der Waals surface area contributed by atoms with E-state index >= 15 is 0 Å². The molecule has 6 nitrogen and oxygen atoms in total. The van der Waals surface area contributed by atoms with Crippen molar-refractivity contribution in [2.45, 2.75) is 6.54 Å². The molecule has 3 heterocycles. The maximum Gasteiger partial charge on any atom is 0.267 e. The lowest BCUT2D eigenvalue weighted by Crippen LogP contribution is -2.22. The van der Waals surface area contributed by atoms with Crippen molar-refractivity contribution in [1.29, 1.82) is 0 Å². The van der Waals surface area contributed by atoms with Crippen LogP contribution in [0.15, 0.2) is 59.7 Å². The molecule has 4 aromatic rings. The van der Waals surface area contributed by atoms with E-state index in [0.717, 1.165) is 11.8 Å². The number of halogens is 2. The summed E-state index contributed by atoms with van der Waals surface area (Å²) in [6, 6.07) is 11.5. The Labute approximate surface area is 162 Å². The highest BCUT2D eigenvalue weighted by molar-refractivity contribution is 7.09. The summed E-state index contributed by atoms with van der Waals surface area (Å²) >= 11 is 7.18. The third kappa shape index (κ3) is 3.91. The fourth-order valence-corrected chi connectivity index (χ4v) is 3.30. The highest BCUT2D eigenvalue weighted by Gasteiger charge is 2.12. The quantitative estimate of drug-likeness (QED) is 0.523. The Morgan fingerprint density at radius 1 is 1.15 bits per heavy atom. The van der Waals surface area contributed by atoms with Crippen molar-refractivity contribution >= 4 is 23.1 Å². The Kier molecular flexibility index (Phi) is 4.74.